The van der Waals surface area contributed by atoms with Crippen LogP contribution in [0.2, 0.25) is 0 Å². The second-order valence-corrected chi connectivity index (χ2v) is 3.22. The zero-order valence-corrected chi connectivity index (χ0v) is 7.07. The van der Waals surface area contributed by atoms with Crippen LogP contribution in [0.4, 0.5) is 4.39 Å². The van der Waals surface area contributed by atoms with Crippen LogP contribution in [0.25, 0.3) is 0 Å². The Morgan fingerprint density at radius 1 is 1.64 bits per heavy atom. The average molecular weight is 160 g/mol. The lowest BCUT2D eigenvalue weighted by atomic mass is 10.0. The van der Waals surface area contributed by atoms with Gasteiger partial charge in [-0.15, -0.1) is 0 Å². The Labute approximate surface area is 67.6 Å². The smallest absolute Gasteiger partial charge is 0.102 e. The minimum Gasteiger partial charge on any atom is -0.313 e. The fraction of sp³-hybridized carbons (Fsp3) is 1.00. The van der Waals surface area contributed by atoms with Crippen molar-refractivity contribution in [3.05, 3.63) is 0 Å². The van der Waals surface area contributed by atoms with Crippen LogP contribution in [-0.2, 0) is 0 Å². The highest BCUT2D eigenvalue weighted by Crippen LogP contribution is 2.12. The molecule has 0 aromatic rings. The first kappa shape index (κ1) is 8.94. The van der Waals surface area contributed by atoms with E-state index in [1.807, 2.05) is 0 Å². The van der Waals surface area contributed by atoms with Crippen LogP contribution in [0, 0.1) is 5.92 Å². The van der Waals surface area contributed by atoms with Crippen molar-refractivity contribution >= 4 is 0 Å². The molecule has 1 rings (SSSR count). The normalized spacial score (nSPS) is 31.1. The van der Waals surface area contributed by atoms with Crippen molar-refractivity contribution < 1.29 is 4.39 Å². The summed E-state index contributed by atoms with van der Waals surface area (Å²) in [6.07, 6.45) is 1.25. The van der Waals surface area contributed by atoms with E-state index in [4.69, 9.17) is 0 Å². The van der Waals surface area contributed by atoms with Gasteiger partial charge < -0.3 is 10.6 Å². The first-order valence-corrected chi connectivity index (χ1v) is 4.34. The van der Waals surface area contributed by atoms with Crippen LogP contribution in [0.3, 0.4) is 0 Å². The highest BCUT2D eigenvalue weighted by atomic mass is 19.1. The second kappa shape index (κ2) is 4.67. The van der Waals surface area contributed by atoms with E-state index >= 15 is 0 Å². The Morgan fingerprint density at radius 2 is 2.45 bits per heavy atom. The maximum Gasteiger partial charge on any atom is 0.102 e. The Kier molecular flexibility index (Phi) is 3.80. The van der Waals surface area contributed by atoms with Gasteiger partial charge in [0.05, 0.1) is 0 Å². The van der Waals surface area contributed by atoms with Crippen LogP contribution in [0.1, 0.15) is 13.3 Å². The van der Waals surface area contributed by atoms with E-state index in [1.54, 1.807) is 0 Å². The largest absolute Gasteiger partial charge is 0.313 e. The van der Waals surface area contributed by atoms with Crippen molar-refractivity contribution in [1.29, 1.82) is 0 Å². The molecule has 3 heteroatoms. The summed E-state index contributed by atoms with van der Waals surface area (Å²) in [5.74, 6) is 0.738. The summed E-state index contributed by atoms with van der Waals surface area (Å²) in [4.78, 5) is 0. The molecule has 0 saturated carbocycles. The molecule has 0 aliphatic carbocycles. The molecule has 2 nitrogen and oxygen atoms in total. The monoisotopic (exact) mass is 160 g/mol. The number of hydrogen-bond donors (Lipinski definition) is 2. The van der Waals surface area contributed by atoms with Gasteiger partial charge in [-0.2, -0.15) is 0 Å². The SMILES string of the molecule is CC1CCNC1CNCCF. The molecular formula is C8H17FN2. The maximum absolute atomic E-state index is 11.7. The summed E-state index contributed by atoms with van der Waals surface area (Å²) in [5, 5.41) is 6.45. The zero-order valence-electron chi connectivity index (χ0n) is 7.07. The lowest BCUT2D eigenvalue weighted by molar-refractivity contribution is 0.417. The molecule has 1 aliphatic rings. The van der Waals surface area contributed by atoms with Crippen LogP contribution in [-0.4, -0.2) is 32.4 Å². The standard InChI is InChI=1S/C8H17FN2/c1-7-2-4-11-8(7)6-10-5-3-9/h7-8,10-11H,2-6H2,1H3. The zero-order chi connectivity index (χ0) is 8.10. The molecule has 0 bridgehead atoms. The van der Waals surface area contributed by atoms with E-state index in [1.165, 1.54) is 6.42 Å². The predicted molar refractivity (Wildman–Crippen MR) is 44.4 cm³/mol. The Morgan fingerprint density at radius 3 is 3.00 bits per heavy atom. The Bertz CT molecular complexity index is 108. The lowest BCUT2D eigenvalue weighted by Crippen LogP contribution is -2.37. The fourth-order valence-corrected chi connectivity index (χ4v) is 1.50. The van der Waals surface area contributed by atoms with Gasteiger partial charge in [-0.3, -0.25) is 0 Å². The van der Waals surface area contributed by atoms with Gasteiger partial charge in [-0.25, -0.2) is 4.39 Å². The predicted octanol–water partition coefficient (Wildman–Crippen LogP) is 0.543. The van der Waals surface area contributed by atoms with Gasteiger partial charge in [-0.05, 0) is 18.9 Å². The van der Waals surface area contributed by atoms with E-state index < -0.39 is 0 Å². The molecule has 2 atom stereocenters. The third-order valence-electron chi connectivity index (χ3n) is 2.33. The molecule has 2 unspecified atom stereocenters. The molecular weight excluding hydrogens is 143 g/mol. The van der Waals surface area contributed by atoms with Crippen molar-refractivity contribution in [3.63, 3.8) is 0 Å². The molecule has 1 saturated heterocycles. The topological polar surface area (TPSA) is 24.1 Å². The minimum atomic E-state index is -0.263. The Balaban J connectivity index is 2.05. The van der Waals surface area contributed by atoms with Crippen molar-refractivity contribution in [2.24, 2.45) is 5.92 Å². The molecule has 1 aliphatic heterocycles. The third kappa shape index (κ3) is 2.75. The number of halogens is 1. The van der Waals surface area contributed by atoms with Crippen LogP contribution < -0.4 is 10.6 Å². The van der Waals surface area contributed by atoms with Crippen LogP contribution in [0.15, 0.2) is 0 Å². The quantitative estimate of drug-likeness (QED) is 0.587. The lowest BCUT2D eigenvalue weighted by Gasteiger charge is -2.15. The Hall–Kier alpha value is -0.150. The van der Waals surface area contributed by atoms with Crippen LogP contribution in [0.5, 0.6) is 0 Å². The van der Waals surface area contributed by atoms with Crippen LogP contribution >= 0.6 is 0 Å². The molecule has 0 aromatic heterocycles. The first-order valence-electron chi connectivity index (χ1n) is 4.34. The van der Waals surface area contributed by atoms with Crippen molar-refractivity contribution in [2.75, 3.05) is 26.3 Å². The summed E-state index contributed by atoms with van der Waals surface area (Å²) in [6, 6.07) is 0.557. The van der Waals surface area contributed by atoms with Gasteiger partial charge in [0.2, 0.25) is 0 Å². The summed E-state index contributed by atoms with van der Waals surface area (Å²) in [7, 11) is 0. The molecule has 0 amide bonds. The summed E-state index contributed by atoms with van der Waals surface area (Å²) in [5.41, 5.74) is 0. The van der Waals surface area contributed by atoms with Gasteiger partial charge in [-0.1, -0.05) is 6.92 Å². The molecule has 1 fully saturated rings. The van der Waals surface area contributed by atoms with E-state index in [2.05, 4.69) is 17.6 Å². The second-order valence-electron chi connectivity index (χ2n) is 3.22. The highest BCUT2D eigenvalue weighted by Gasteiger charge is 2.21. The van der Waals surface area contributed by atoms with Crippen molar-refractivity contribution in [2.45, 2.75) is 19.4 Å². The molecule has 0 spiro atoms. The van der Waals surface area contributed by atoms with Crippen molar-refractivity contribution in [1.82, 2.24) is 10.6 Å². The van der Waals surface area contributed by atoms with E-state index in [9.17, 15) is 4.39 Å². The minimum absolute atomic E-state index is 0.263. The van der Waals surface area contributed by atoms with Gasteiger partial charge in [0.1, 0.15) is 6.67 Å². The van der Waals surface area contributed by atoms with E-state index in [-0.39, 0.29) is 6.67 Å². The average Bonchev–Trinajstić information content (AvgIpc) is 2.37. The fourth-order valence-electron chi connectivity index (χ4n) is 1.50. The number of alkyl halides is 1. The highest BCUT2D eigenvalue weighted by molar-refractivity contribution is 4.82. The van der Waals surface area contributed by atoms with Gasteiger partial charge in [0.15, 0.2) is 0 Å². The van der Waals surface area contributed by atoms with Gasteiger partial charge >= 0.3 is 0 Å². The first-order chi connectivity index (χ1) is 5.34. The van der Waals surface area contributed by atoms with Gasteiger partial charge in [0, 0.05) is 19.1 Å². The molecule has 0 radical (unpaired) electrons. The van der Waals surface area contributed by atoms with Crippen molar-refractivity contribution in [3.8, 4) is 0 Å². The number of nitrogens with one attached hydrogen (secondary N) is 2. The molecule has 1 heterocycles. The van der Waals surface area contributed by atoms with Gasteiger partial charge in [0.25, 0.3) is 0 Å². The molecule has 11 heavy (non-hydrogen) atoms. The summed E-state index contributed by atoms with van der Waals surface area (Å²) in [6.45, 7) is 4.49. The molecule has 0 aromatic carbocycles. The number of hydrogen-bond acceptors (Lipinski definition) is 2. The van der Waals surface area contributed by atoms with E-state index in [0.717, 1.165) is 19.0 Å². The summed E-state index contributed by atoms with van der Waals surface area (Å²) < 4.78 is 11.7. The maximum atomic E-state index is 11.7. The van der Waals surface area contributed by atoms with E-state index in [0.29, 0.717) is 12.6 Å². The third-order valence-corrected chi connectivity index (χ3v) is 2.33. The number of rotatable bonds is 4. The molecule has 66 valence electrons. The molecule has 2 N–H and O–H groups in total. The summed E-state index contributed by atoms with van der Waals surface area (Å²) >= 11 is 0.